The fourth-order valence-corrected chi connectivity index (χ4v) is 3.36. The Morgan fingerprint density at radius 1 is 1.42 bits per heavy atom. The van der Waals surface area contributed by atoms with Gasteiger partial charge in [-0.2, -0.15) is 11.8 Å². The molecule has 0 amide bonds. The van der Waals surface area contributed by atoms with E-state index in [1.165, 1.54) is 0 Å². The van der Waals surface area contributed by atoms with E-state index in [9.17, 15) is 4.79 Å². The van der Waals surface area contributed by atoms with E-state index in [4.69, 9.17) is 11.6 Å². The summed E-state index contributed by atoms with van der Waals surface area (Å²) in [6.45, 7) is 10.2. The van der Waals surface area contributed by atoms with Gasteiger partial charge in [-0.3, -0.25) is 4.79 Å². The van der Waals surface area contributed by atoms with Crippen molar-refractivity contribution in [2.75, 3.05) is 11.5 Å². The van der Waals surface area contributed by atoms with Crippen molar-refractivity contribution >= 4 is 29.1 Å². The second kappa shape index (κ2) is 7.39. The van der Waals surface area contributed by atoms with Gasteiger partial charge >= 0.3 is 0 Å². The third-order valence-electron chi connectivity index (χ3n) is 3.44. The lowest BCUT2D eigenvalue weighted by Crippen LogP contribution is -2.14. The van der Waals surface area contributed by atoms with Crippen molar-refractivity contribution in [1.82, 2.24) is 4.57 Å². The summed E-state index contributed by atoms with van der Waals surface area (Å²) in [5.74, 6) is 2.34. The van der Waals surface area contributed by atoms with E-state index in [2.05, 4.69) is 25.3 Å². The molecule has 1 aromatic rings. The number of nitrogens with zero attached hydrogens (tertiary/aromatic N) is 1. The molecule has 0 saturated carbocycles. The summed E-state index contributed by atoms with van der Waals surface area (Å²) in [7, 11) is 0. The Kier molecular flexibility index (Phi) is 6.48. The van der Waals surface area contributed by atoms with Gasteiger partial charge in [-0.1, -0.05) is 6.92 Å². The normalized spacial score (nSPS) is 14.4. The summed E-state index contributed by atoms with van der Waals surface area (Å²) in [6.07, 6.45) is 1.12. The zero-order valence-corrected chi connectivity index (χ0v) is 14.1. The van der Waals surface area contributed by atoms with Gasteiger partial charge in [0.25, 0.3) is 0 Å². The van der Waals surface area contributed by atoms with Crippen LogP contribution in [-0.2, 0) is 0 Å². The number of halogens is 1. The smallest absolute Gasteiger partial charge is 0.182 e. The summed E-state index contributed by atoms with van der Waals surface area (Å²) >= 11 is 7.88. The highest BCUT2D eigenvalue weighted by atomic mass is 35.5. The predicted molar refractivity (Wildman–Crippen MR) is 85.9 cm³/mol. The van der Waals surface area contributed by atoms with Gasteiger partial charge in [0.15, 0.2) is 5.78 Å². The van der Waals surface area contributed by atoms with Crippen molar-refractivity contribution in [3.63, 3.8) is 0 Å². The molecule has 0 aliphatic heterocycles. The van der Waals surface area contributed by atoms with Crippen molar-refractivity contribution in [3.8, 4) is 0 Å². The largest absolute Gasteiger partial charge is 0.346 e. The monoisotopic (exact) mass is 301 g/mol. The van der Waals surface area contributed by atoms with Gasteiger partial charge in [0.2, 0.25) is 0 Å². The van der Waals surface area contributed by atoms with E-state index >= 15 is 0 Å². The van der Waals surface area contributed by atoms with Crippen molar-refractivity contribution in [1.29, 1.82) is 0 Å². The van der Waals surface area contributed by atoms with Crippen LogP contribution in [0, 0.1) is 13.8 Å². The number of carbonyl (C=O) groups excluding carboxylic acids is 1. The maximum absolute atomic E-state index is 12.1. The Bertz CT molecular complexity index is 440. The van der Waals surface area contributed by atoms with Crippen LogP contribution in [0.5, 0.6) is 0 Å². The molecule has 0 aromatic carbocycles. The van der Waals surface area contributed by atoms with Crippen LogP contribution in [0.25, 0.3) is 0 Å². The van der Waals surface area contributed by atoms with Crippen LogP contribution in [0.3, 0.4) is 0 Å². The van der Waals surface area contributed by atoms with Crippen molar-refractivity contribution in [2.24, 2.45) is 0 Å². The van der Waals surface area contributed by atoms with Crippen LogP contribution in [-0.4, -0.2) is 27.2 Å². The molecule has 0 fully saturated rings. The molecule has 0 aliphatic rings. The lowest BCUT2D eigenvalue weighted by molar-refractivity contribution is 0.0991. The minimum atomic E-state index is -0.458. The first kappa shape index (κ1) is 16.6. The Morgan fingerprint density at radius 3 is 2.58 bits per heavy atom. The zero-order valence-electron chi connectivity index (χ0n) is 12.5. The molecule has 2 nitrogen and oxygen atoms in total. The first-order valence-corrected chi connectivity index (χ1v) is 8.43. The van der Waals surface area contributed by atoms with Crippen LogP contribution < -0.4 is 0 Å². The summed E-state index contributed by atoms with van der Waals surface area (Å²) < 4.78 is 2.27. The van der Waals surface area contributed by atoms with Crippen molar-refractivity contribution in [2.45, 2.75) is 52.5 Å². The van der Waals surface area contributed by atoms with Crippen molar-refractivity contribution < 1.29 is 4.79 Å². The van der Waals surface area contributed by atoms with Crippen LogP contribution in [0.2, 0.25) is 0 Å². The summed E-state index contributed by atoms with van der Waals surface area (Å²) in [5.41, 5.74) is 2.96. The molecular weight excluding hydrogens is 278 g/mol. The molecule has 1 rings (SSSR count). The summed E-state index contributed by atoms with van der Waals surface area (Å²) in [6, 6.07) is 2.39. The molecule has 0 saturated heterocycles. The van der Waals surface area contributed by atoms with E-state index in [0.29, 0.717) is 6.04 Å². The summed E-state index contributed by atoms with van der Waals surface area (Å²) in [4.78, 5) is 12.1. The highest BCUT2D eigenvalue weighted by Gasteiger charge is 2.21. The molecule has 4 heteroatoms. The molecule has 1 heterocycles. The zero-order chi connectivity index (χ0) is 14.6. The number of hydrogen-bond acceptors (Lipinski definition) is 2. The maximum atomic E-state index is 12.1. The number of Topliss-reactive ketones (excluding diaryl/α,β-unsaturated/α-hetero) is 1. The van der Waals surface area contributed by atoms with E-state index in [-0.39, 0.29) is 5.78 Å². The Hall–Kier alpha value is -0.410. The second-order valence-electron chi connectivity index (χ2n) is 4.97. The molecule has 2 atom stereocenters. The molecule has 108 valence electrons. The number of carbonyl (C=O) groups is 1. The standard InChI is InChI=1S/C15H24ClNOS/c1-6-19-8-7-10(2)17-11(3)9-14(13(17)5)15(18)12(4)16/h9-10,12H,6-8H2,1-5H3. The van der Waals surface area contributed by atoms with E-state index in [1.54, 1.807) is 6.92 Å². The minimum Gasteiger partial charge on any atom is -0.346 e. The second-order valence-corrected chi connectivity index (χ2v) is 7.02. The third-order valence-corrected chi connectivity index (χ3v) is 4.57. The number of rotatable bonds is 7. The van der Waals surface area contributed by atoms with Gasteiger partial charge in [-0.05, 0) is 51.7 Å². The van der Waals surface area contributed by atoms with Gasteiger partial charge in [-0.15, -0.1) is 11.6 Å². The molecule has 0 aliphatic carbocycles. The summed E-state index contributed by atoms with van der Waals surface area (Å²) in [5, 5.41) is -0.458. The van der Waals surface area contributed by atoms with Crippen LogP contribution in [0.1, 0.15) is 55.0 Å². The highest BCUT2D eigenvalue weighted by Crippen LogP contribution is 2.25. The number of ketones is 1. The first-order chi connectivity index (χ1) is 8.90. The fraction of sp³-hybridized carbons (Fsp3) is 0.667. The number of thioether (sulfide) groups is 1. The molecule has 0 radical (unpaired) electrons. The molecule has 19 heavy (non-hydrogen) atoms. The first-order valence-electron chi connectivity index (χ1n) is 6.84. The average molecular weight is 302 g/mol. The highest BCUT2D eigenvalue weighted by molar-refractivity contribution is 7.99. The number of hydrogen-bond donors (Lipinski definition) is 0. The van der Waals surface area contributed by atoms with Crippen molar-refractivity contribution in [3.05, 3.63) is 23.0 Å². The van der Waals surface area contributed by atoms with Gasteiger partial charge in [0, 0.05) is 23.0 Å². The van der Waals surface area contributed by atoms with Gasteiger partial charge in [0.05, 0.1) is 5.38 Å². The Labute approximate surface area is 125 Å². The maximum Gasteiger partial charge on any atom is 0.182 e. The quantitative estimate of drug-likeness (QED) is 0.416. The lowest BCUT2D eigenvalue weighted by atomic mass is 10.1. The Balaban J connectivity index is 2.93. The van der Waals surface area contributed by atoms with Gasteiger partial charge < -0.3 is 4.57 Å². The lowest BCUT2D eigenvalue weighted by Gasteiger charge is -2.18. The molecular formula is C15H24ClNOS. The predicted octanol–water partition coefficient (Wildman–Crippen LogP) is 4.62. The van der Waals surface area contributed by atoms with Crippen LogP contribution in [0.15, 0.2) is 6.07 Å². The molecule has 0 bridgehead atoms. The van der Waals surface area contributed by atoms with Gasteiger partial charge in [0.1, 0.15) is 0 Å². The number of alkyl halides is 1. The third kappa shape index (κ3) is 4.03. The Morgan fingerprint density at radius 2 is 2.05 bits per heavy atom. The topological polar surface area (TPSA) is 22.0 Å². The SMILES string of the molecule is CCSCCC(C)n1c(C)cc(C(=O)C(C)Cl)c1C. The van der Waals surface area contributed by atoms with Crippen LogP contribution in [0.4, 0.5) is 0 Å². The average Bonchev–Trinajstić information content (AvgIpc) is 2.64. The van der Waals surface area contributed by atoms with Crippen LogP contribution >= 0.6 is 23.4 Å². The minimum absolute atomic E-state index is 0.0242. The van der Waals surface area contributed by atoms with E-state index in [1.807, 2.05) is 24.8 Å². The molecule has 1 aromatic heterocycles. The fourth-order valence-electron chi connectivity index (χ4n) is 2.45. The van der Waals surface area contributed by atoms with Gasteiger partial charge in [-0.25, -0.2) is 0 Å². The van der Waals surface area contributed by atoms with E-state index < -0.39 is 5.38 Å². The molecule has 0 N–H and O–H groups in total. The van der Waals surface area contributed by atoms with E-state index in [0.717, 1.165) is 34.9 Å². The number of aromatic nitrogens is 1. The number of aryl methyl sites for hydroxylation is 1. The molecule has 2 unspecified atom stereocenters. The molecule has 0 spiro atoms.